The van der Waals surface area contributed by atoms with Crippen LogP contribution in [0.2, 0.25) is 0 Å². The van der Waals surface area contributed by atoms with Gasteiger partial charge in [-0.05, 0) is 38.6 Å². The minimum Gasteiger partial charge on any atom is -0.361 e. The Balaban J connectivity index is 0.000000853. The van der Waals surface area contributed by atoms with E-state index in [0.29, 0.717) is 5.54 Å². The number of hydrogen-bond acceptors (Lipinski definition) is 3. The van der Waals surface area contributed by atoms with E-state index in [1.807, 2.05) is 13.0 Å². The predicted octanol–water partition coefficient (Wildman–Crippen LogP) is 2.09. The normalized spacial score (nSPS) is 32.2. The summed E-state index contributed by atoms with van der Waals surface area (Å²) in [6, 6.07) is 2.04. The monoisotopic (exact) mass is 228 g/mol. The molecule has 3 fully saturated rings. The van der Waals surface area contributed by atoms with E-state index < -0.39 is 0 Å². The summed E-state index contributed by atoms with van der Waals surface area (Å²) in [5.41, 5.74) is 1.45. The molecule has 0 unspecified atom stereocenters. The zero-order chi connectivity index (χ0) is 9.60. The van der Waals surface area contributed by atoms with Crippen LogP contribution in [0.1, 0.15) is 30.7 Å². The number of hydrogen-bond donors (Lipinski definition) is 1. The summed E-state index contributed by atoms with van der Waals surface area (Å²) in [4.78, 5) is 0. The van der Waals surface area contributed by atoms with Crippen LogP contribution < -0.4 is 5.32 Å². The molecule has 1 aromatic rings. The SMILES string of the molecule is Cc1cc(CCC23CC(CN2)C3)on1.Cl. The smallest absolute Gasteiger partial charge is 0.137 e. The first-order chi connectivity index (χ1) is 6.76. The molecule has 1 aromatic heterocycles. The fourth-order valence-corrected chi connectivity index (χ4v) is 2.88. The van der Waals surface area contributed by atoms with Gasteiger partial charge in [-0.25, -0.2) is 0 Å². The second-order valence-electron chi connectivity index (χ2n) is 4.87. The van der Waals surface area contributed by atoms with E-state index in [-0.39, 0.29) is 12.4 Å². The van der Waals surface area contributed by atoms with Crippen LogP contribution in [-0.4, -0.2) is 17.2 Å². The summed E-state index contributed by atoms with van der Waals surface area (Å²) in [6.45, 7) is 3.20. The molecule has 1 saturated carbocycles. The molecular weight excluding hydrogens is 212 g/mol. The zero-order valence-corrected chi connectivity index (χ0v) is 9.77. The van der Waals surface area contributed by atoms with Crippen molar-refractivity contribution in [3.63, 3.8) is 0 Å². The van der Waals surface area contributed by atoms with E-state index in [2.05, 4.69) is 10.5 Å². The first-order valence-electron chi connectivity index (χ1n) is 5.43. The van der Waals surface area contributed by atoms with Crippen molar-refractivity contribution >= 4 is 12.4 Å². The van der Waals surface area contributed by atoms with Crippen LogP contribution in [-0.2, 0) is 6.42 Å². The molecule has 4 rings (SSSR count). The van der Waals surface area contributed by atoms with Crippen LogP contribution in [0.5, 0.6) is 0 Å². The maximum Gasteiger partial charge on any atom is 0.137 e. The van der Waals surface area contributed by atoms with Crippen molar-refractivity contribution in [1.29, 1.82) is 0 Å². The standard InChI is InChI=1S/C11H16N2O.ClH/c1-8-4-10(14-13-8)2-3-11-5-9(6-11)7-12-11;/h4,9,12H,2-3,5-7H2,1H3;1H. The Morgan fingerprint density at radius 2 is 2.40 bits per heavy atom. The number of aromatic nitrogens is 1. The van der Waals surface area contributed by atoms with Crippen LogP contribution >= 0.6 is 12.4 Å². The van der Waals surface area contributed by atoms with Crippen molar-refractivity contribution in [1.82, 2.24) is 10.5 Å². The van der Waals surface area contributed by atoms with Crippen molar-refractivity contribution < 1.29 is 4.52 Å². The van der Waals surface area contributed by atoms with Crippen LogP contribution in [0.4, 0.5) is 0 Å². The van der Waals surface area contributed by atoms with Crippen molar-refractivity contribution in [3.05, 3.63) is 17.5 Å². The van der Waals surface area contributed by atoms with Gasteiger partial charge in [0, 0.05) is 18.0 Å². The first-order valence-corrected chi connectivity index (χ1v) is 5.43. The van der Waals surface area contributed by atoms with Crippen molar-refractivity contribution in [2.75, 3.05) is 6.54 Å². The summed E-state index contributed by atoms with van der Waals surface area (Å²) in [7, 11) is 0. The van der Waals surface area contributed by atoms with Gasteiger partial charge in [-0.2, -0.15) is 0 Å². The highest BCUT2D eigenvalue weighted by molar-refractivity contribution is 5.85. The van der Waals surface area contributed by atoms with Gasteiger partial charge in [0.25, 0.3) is 0 Å². The molecular formula is C11H17ClN2O. The van der Waals surface area contributed by atoms with Gasteiger partial charge in [-0.15, -0.1) is 12.4 Å². The maximum atomic E-state index is 5.21. The molecule has 3 aliphatic rings. The summed E-state index contributed by atoms with van der Waals surface area (Å²) >= 11 is 0. The second kappa shape index (κ2) is 3.80. The van der Waals surface area contributed by atoms with Gasteiger partial charge in [0.15, 0.2) is 0 Å². The van der Waals surface area contributed by atoms with E-state index in [0.717, 1.165) is 23.8 Å². The third-order valence-electron chi connectivity index (χ3n) is 3.65. The third kappa shape index (κ3) is 1.91. The fourth-order valence-electron chi connectivity index (χ4n) is 2.88. The number of rotatable bonds is 3. The maximum absolute atomic E-state index is 5.21. The number of fused-ring (bicyclic) bond motifs is 1. The van der Waals surface area contributed by atoms with E-state index in [1.165, 1.54) is 25.8 Å². The number of halogens is 1. The van der Waals surface area contributed by atoms with Gasteiger partial charge in [0.2, 0.25) is 0 Å². The quantitative estimate of drug-likeness (QED) is 0.861. The molecule has 2 bridgehead atoms. The zero-order valence-electron chi connectivity index (χ0n) is 8.95. The molecule has 0 atom stereocenters. The lowest BCUT2D eigenvalue weighted by molar-refractivity contribution is 0.205. The molecule has 2 saturated heterocycles. The Bertz CT molecular complexity index is 339. The lowest BCUT2D eigenvalue weighted by Gasteiger charge is -2.37. The van der Waals surface area contributed by atoms with Gasteiger partial charge in [-0.3, -0.25) is 0 Å². The molecule has 1 aliphatic carbocycles. The Hall–Kier alpha value is -0.540. The molecule has 4 heteroatoms. The minimum atomic E-state index is 0. The molecule has 0 aromatic carbocycles. The highest BCUT2D eigenvalue weighted by Gasteiger charge is 2.49. The van der Waals surface area contributed by atoms with E-state index in [1.54, 1.807) is 0 Å². The molecule has 3 nitrogen and oxygen atoms in total. The first kappa shape index (κ1) is 11.0. The summed E-state index contributed by atoms with van der Waals surface area (Å²) in [6.07, 6.45) is 4.99. The average molecular weight is 229 g/mol. The van der Waals surface area contributed by atoms with Gasteiger partial charge < -0.3 is 9.84 Å². The predicted molar refractivity (Wildman–Crippen MR) is 60.3 cm³/mol. The van der Waals surface area contributed by atoms with Gasteiger partial charge in [-0.1, -0.05) is 5.16 Å². The van der Waals surface area contributed by atoms with Crippen molar-refractivity contribution in [3.8, 4) is 0 Å². The van der Waals surface area contributed by atoms with Crippen LogP contribution in [0, 0.1) is 12.8 Å². The average Bonchev–Trinajstić information content (AvgIpc) is 2.73. The third-order valence-corrected chi connectivity index (χ3v) is 3.65. The number of aryl methyl sites for hydroxylation is 2. The van der Waals surface area contributed by atoms with E-state index >= 15 is 0 Å². The van der Waals surface area contributed by atoms with E-state index in [9.17, 15) is 0 Å². The topological polar surface area (TPSA) is 38.1 Å². The van der Waals surface area contributed by atoms with Crippen molar-refractivity contribution in [2.24, 2.45) is 5.92 Å². The molecule has 0 spiro atoms. The molecule has 0 amide bonds. The van der Waals surface area contributed by atoms with E-state index in [4.69, 9.17) is 4.52 Å². The molecule has 2 aliphatic heterocycles. The molecule has 3 heterocycles. The summed E-state index contributed by atoms with van der Waals surface area (Å²) in [5.74, 6) is 2.00. The van der Waals surface area contributed by atoms with Crippen molar-refractivity contribution in [2.45, 2.75) is 38.1 Å². The minimum absolute atomic E-state index is 0. The van der Waals surface area contributed by atoms with Crippen LogP contribution in [0.15, 0.2) is 10.6 Å². The number of nitrogens with one attached hydrogen (secondary N) is 1. The van der Waals surface area contributed by atoms with Gasteiger partial charge in [0.05, 0.1) is 5.69 Å². The largest absolute Gasteiger partial charge is 0.361 e. The Kier molecular flexibility index (Phi) is 2.77. The fraction of sp³-hybridized carbons (Fsp3) is 0.727. The molecule has 0 radical (unpaired) electrons. The second-order valence-corrected chi connectivity index (χ2v) is 4.87. The Labute approximate surface area is 96.0 Å². The van der Waals surface area contributed by atoms with Gasteiger partial charge >= 0.3 is 0 Å². The lowest BCUT2D eigenvalue weighted by atomic mass is 9.71. The molecule has 84 valence electrons. The molecule has 15 heavy (non-hydrogen) atoms. The van der Waals surface area contributed by atoms with Gasteiger partial charge in [0.1, 0.15) is 5.76 Å². The molecule has 1 N–H and O–H groups in total. The summed E-state index contributed by atoms with van der Waals surface area (Å²) < 4.78 is 5.21. The Morgan fingerprint density at radius 1 is 1.60 bits per heavy atom. The highest BCUT2D eigenvalue weighted by atomic mass is 35.5. The lowest BCUT2D eigenvalue weighted by Crippen LogP contribution is -2.43. The highest BCUT2D eigenvalue weighted by Crippen LogP contribution is 2.46. The van der Waals surface area contributed by atoms with Crippen LogP contribution in [0.3, 0.4) is 0 Å². The summed E-state index contributed by atoms with van der Waals surface area (Å²) in [5, 5.41) is 7.52. The number of nitrogens with zero attached hydrogens (tertiary/aromatic N) is 1. The van der Waals surface area contributed by atoms with Crippen LogP contribution in [0.25, 0.3) is 0 Å². The Morgan fingerprint density at radius 3 is 2.93 bits per heavy atom.